The lowest BCUT2D eigenvalue weighted by Crippen LogP contribution is -2.33. The molecule has 1 heterocycles. The second kappa shape index (κ2) is 9.21. The van der Waals surface area contributed by atoms with Crippen molar-refractivity contribution in [3.63, 3.8) is 0 Å². The molecule has 2 aromatic carbocycles. The van der Waals surface area contributed by atoms with Crippen molar-refractivity contribution in [2.75, 3.05) is 18.2 Å². The van der Waals surface area contributed by atoms with Gasteiger partial charge in [-0.2, -0.15) is 0 Å². The molecule has 0 saturated heterocycles. The molecule has 0 radical (unpaired) electrons. The van der Waals surface area contributed by atoms with E-state index in [9.17, 15) is 9.59 Å². The average molecular weight is 425 g/mol. The Morgan fingerprint density at radius 2 is 2.00 bits per heavy atom. The summed E-state index contributed by atoms with van der Waals surface area (Å²) < 4.78 is 5.22. The molecule has 8 heteroatoms. The van der Waals surface area contributed by atoms with Crippen molar-refractivity contribution in [2.45, 2.75) is 36.9 Å². The maximum absolute atomic E-state index is 12.6. The van der Waals surface area contributed by atoms with Gasteiger partial charge in [0.05, 0.1) is 35.1 Å². The molecule has 30 heavy (non-hydrogen) atoms. The standard InChI is InChI=1S/C22H24N4O3S/c1-29-15-10-11-18-19(12-15)26-22(25-18)30-13-20(27)24-17-9-5-4-8-16(17)21(28)23-14-6-2-3-7-14/h4-5,8-12,14H,2-3,6-7,13H2,1H3,(H,23,28)(H,24,27)(H,25,26). The Balaban J connectivity index is 1.37. The fourth-order valence-electron chi connectivity index (χ4n) is 3.60. The Morgan fingerprint density at radius 3 is 2.80 bits per heavy atom. The van der Waals surface area contributed by atoms with Crippen molar-refractivity contribution >= 4 is 40.3 Å². The number of anilines is 1. The largest absolute Gasteiger partial charge is 0.497 e. The molecule has 0 spiro atoms. The minimum absolute atomic E-state index is 0.142. The van der Waals surface area contributed by atoms with E-state index in [1.165, 1.54) is 11.8 Å². The van der Waals surface area contributed by atoms with E-state index in [4.69, 9.17) is 4.74 Å². The van der Waals surface area contributed by atoms with Gasteiger partial charge in [-0.25, -0.2) is 4.98 Å². The number of rotatable bonds is 7. The number of nitrogens with one attached hydrogen (secondary N) is 3. The van der Waals surface area contributed by atoms with E-state index in [-0.39, 0.29) is 23.6 Å². The molecular weight excluding hydrogens is 400 g/mol. The Morgan fingerprint density at radius 1 is 1.20 bits per heavy atom. The topological polar surface area (TPSA) is 96.1 Å². The van der Waals surface area contributed by atoms with Gasteiger partial charge >= 0.3 is 0 Å². The highest BCUT2D eigenvalue weighted by atomic mass is 32.2. The summed E-state index contributed by atoms with van der Waals surface area (Å²) in [5.41, 5.74) is 2.67. The van der Waals surface area contributed by atoms with E-state index < -0.39 is 0 Å². The van der Waals surface area contributed by atoms with Crippen LogP contribution in [0.5, 0.6) is 5.75 Å². The van der Waals surface area contributed by atoms with E-state index in [1.54, 1.807) is 25.3 Å². The minimum atomic E-state index is -0.195. The summed E-state index contributed by atoms with van der Waals surface area (Å²) in [6.45, 7) is 0. The van der Waals surface area contributed by atoms with Gasteiger partial charge in [0.1, 0.15) is 5.75 Å². The van der Waals surface area contributed by atoms with Gasteiger partial charge in [0, 0.05) is 12.1 Å². The lowest BCUT2D eigenvalue weighted by molar-refractivity contribution is -0.113. The fourth-order valence-corrected chi connectivity index (χ4v) is 4.29. The minimum Gasteiger partial charge on any atom is -0.497 e. The molecule has 1 saturated carbocycles. The van der Waals surface area contributed by atoms with Crippen LogP contribution < -0.4 is 15.4 Å². The number of imidazole rings is 1. The van der Waals surface area contributed by atoms with Crippen LogP contribution in [0, 0.1) is 0 Å². The number of benzene rings is 2. The number of H-pyrrole nitrogens is 1. The molecule has 3 N–H and O–H groups in total. The number of thioether (sulfide) groups is 1. The SMILES string of the molecule is COc1ccc2nc(SCC(=O)Nc3ccccc3C(=O)NC3CCCC3)[nH]c2c1. The average Bonchev–Trinajstić information content (AvgIpc) is 3.41. The molecular formula is C22H24N4O3S. The molecule has 1 fully saturated rings. The van der Waals surface area contributed by atoms with Crippen LogP contribution in [0.15, 0.2) is 47.6 Å². The van der Waals surface area contributed by atoms with Gasteiger partial charge in [-0.05, 0) is 37.1 Å². The van der Waals surface area contributed by atoms with Crippen molar-refractivity contribution in [2.24, 2.45) is 0 Å². The van der Waals surface area contributed by atoms with Crippen LogP contribution in [-0.4, -0.2) is 40.7 Å². The summed E-state index contributed by atoms with van der Waals surface area (Å²) in [5, 5.41) is 6.58. The van der Waals surface area contributed by atoms with Crippen molar-refractivity contribution < 1.29 is 14.3 Å². The Kier molecular flexibility index (Phi) is 6.23. The number of amides is 2. The Labute approximate surface area is 179 Å². The van der Waals surface area contributed by atoms with Gasteiger partial charge in [-0.3, -0.25) is 9.59 Å². The molecule has 0 unspecified atom stereocenters. The number of fused-ring (bicyclic) bond motifs is 1. The van der Waals surface area contributed by atoms with Crippen LogP contribution in [0.4, 0.5) is 5.69 Å². The van der Waals surface area contributed by atoms with Crippen LogP contribution in [0.2, 0.25) is 0 Å². The van der Waals surface area contributed by atoms with Crippen LogP contribution in [-0.2, 0) is 4.79 Å². The highest BCUT2D eigenvalue weighted by Gasteiger charge is 2.20. The molecule has 7 nitrogen and oxygen atoms in total. The number of carbonyl (C=O) groups excluding carboxylic acids is 2. The molecule has 1 aromatic heterocycles. The van der Waals surface area contributed by atoms with Gasteiger partial charge in [0.25, 0.3) is 5.91 Å². The number of nitrogens with zero attached hydrogens (tertiary/aromatic N) is 1. The highest BCUT2D eigenvalue weighted by Crippen LogP contribution is 2.24. The highest BCUT2D eigenvalue weighted by molar-refractivity contribution is 7.99. The number of aromatic amines is 1. The number of hydrogen-bond acceptors (Lipinski definition) is 5. The zero-order valence-electron chi connectivity index (χ0n) is 16.7. The molecule has 2 amide bonds. The maximum Gasteiger partial charge on any atom is 0.253 e. The predicted molar refractivity (Wildman–Crippen MR) is 118 cm³/mol. The molecule has 1 aliphatic carbocycles. The van der Waals surface area contributed by atoms with Crippen LogP contribution >= 0.6 is 11.8 Å². The molecule has 0 bridgehead atoms. The second-order valence-corrected chi connectivity index (χ2v) is 8.23. The van der Waals surface area contributed by atoms with Crippen LogP contribution in [0.25, 0.3) is 11.0 Å². The number of carbonyl (C=O) groups is 2. The number of aromatic nitrogens is 2. The lowest BCUT2D eigenvalue weighted by atomic mass is 10.1. The summed E-state index contributed by atoms with van der Waals surface area (Å²) in [4.78, 5) is 32.8. The second-order valence-electron chi connectivity index (χ2n) is 7.26. The Bertz CT molecular complexity index is 1060. The maximum atomic E-state index is 12.6. The van der Waals surface area contributed by atoms with E-state index >= 15 is 0 Å². The van der Waals surface area contributed by atoms with Crippen LogP contribution in [0.1, 0.15) is 36.0 Å². The van der Waals surface area contributed by atoms with Crippen LogP contribution in [0.3, 0.4) is 0 Å². The summed E-state index contributed by atoms with van der Waals surface area (Å²) in [7, 11) is 1.61. The molecule has 156 valence electrons. The third kappa shape index (κ3) is 4.76. The first-order chi connectivity index (χ1) is 14.6. The van der Waals surface area contributed by atoms with E-state index in [1.807, 2.05) is 24.3 Å². The van der Waals surface area contributed by atoms with Crippen molar-refractivity contribution in [3.8, 4) is 5.75 Å². The smallest absolute Gasteiger partial charge is 0.253 e. The zero-order valence-corrected chi connectivity index (χ0v) is 17.6. The molecule has 0 atom stereocenters. The first-order valence-electron chi connectivity index (χ1n) is 9.98. The van der Waals surface area contributed by atoms with Gasteiger partial charge in [-0.15, -0.1) is 0 Å². The summed E-state index contributed by atoms with van der Waals surface area (Å²) in [5.74, 6) is 0.582. The summed E-state index contributed by atoms with van der Waals surface area (Å²) in [6.07, 6.45) is 4.32. The van der Waals surface area contributed by atoms with Crippen molar-refractivity contribution in [3.05, 3.63) is 48.0 Å². The molecule has 3 aromatic rings. The molecule has 4 rings (SSSR count). The number of ether oxygens (including phenoxy) is 1. The first-order valence-corrected chi connectivity index (χ1v) is 11.0. The van der Waals surface area contributed by atoms with Crippen molar-refractivity contribution in [1.82, 2.24) is 15.3 Å². The number of para-hydroxylation sites is 1. The van der Waals surface area contributed by atoms with E-state index in [2.05, 4.69) is 20.6 Å². The third-order valence-electron chi connectivity index (χ3n) is 5.14. The van der Waals surface area contributed by atoms with Gasteiger partial charge in [-0.1, -0.05) is 36.7 Å². The summed E-state index contributed by atoms with van der Waals surface area (Å²) >= 11 is 1.31. The van der Waals surface area contributed by atoms with Gasteiger partial charge < -0.3 is 20.4 Å². The number of hydrogen-bond donors (Lipinski definition) is 3. The fraction of sp³-hybridized carbons (Fsp3) is 0.318. The number of methoxy groups -OCH3 is 1. The third-order valence-corrected chi connectivity index (χ3v) is 6.02. The Hall–Kier alpha value is -3.00. The van der Waals surface area contributed by atoms with E-state index in [0.29, 0.717) is 16.4 Å². The van der Waals surface area contributed by atoms with E-state index in [0.717, 1.165) is 42.5 Å². The normalized spacial score (nSPS) is 14.0. The van der Waals surface area contributed by atoms with Crippen molar-refractivity contribution in [1.29, 1.82) is 0 Å². The molecule has 0 aliphatic heterocycles. The monoisotopic (exact) mass is 424 g/mol. The van der Waals surface area contributed by atoms with Gasteiger partial charge in [0.15, 0.2) is 5.16 Å². The lowest BCUT2D eigenvalue weighted by Gasteiger charge is -2.14. The van der Waals surface area contributed by atoms with Gasteiger partial charge in [0.2, 0.25) is 5.91 Å². The summed E-state index contributed by atoms with van der Waals surface area (Å²) in [6, 6.07) is 12.9. The quantitative estimate of drug-likeness (QED) is 0.499. The predicted octanol–water partition coefficient (Wildman–Crippen LogP) is 3.97. The first kappa shape index (κ1) is 20.3. The zero-order chi connectivity index (χ0) is 20.9. The molecule has 1 aliphatic rings.